The Morgan fingerprint density at radius 3 is 2.93 bits per heavy atom. The Kier molecular flexibility index (Phi) is 3.74. The van der Waals surface area contributed by atoms with Gasteiger partial charge in [-0.2, -0.15) is 0 Å². The Labute approximate surface area is 96.6 Å². The zero-order chi connectivity index (χ0) is 9.80. The molecular formula is C9H13IN2O2. The molecule has 1 aliphatic rings. The molecule has 1 saturated heterocycles. The summed E-state index contributed by atoms with van der Waals surface area (Å²) in [4.78, 5) is 0. The van der Waals surface area contributed by atoms with Crippen LogP contribution in [0.2, 0.25) is 0 Å². The maximum Gasteiger partial charge on any atom is 0.278 e. The van der Waals surface area contributed by atoms with Crippen molar-refractivity contribution < 1.29 is 9.15 Å². The number of halogens is 1. The number of aryl methyl sites for hydroxylation is 1. The summed E-state index contributed by atoms with van der Waals surface area (Å²) in [6.45, 7) is 0.909. The molecule has 5 heteroatoms. The lowest BCUT2D eigenvalue weighted by Crippen LogP contribution is -2.19. The summed E-state index contributed by atoms with van der Waals surface area (Å²) < 4.78 is 11.5. The highest BCUT2D eigenvalue weighted by Gasteiger charge is 2.15. The van der Waals surface area contributed by atoms with Gasteiger partial charge in [0.05, 0.1) is 6.10 Å². The molecule has 0 aliphatic carbocycles. The van der Waals surface area contributed by atoms with Crippen LogP contribution in [-0.2, 0) is 11.2 Å². The van der Waals surface area contributed by atoms with E-state index in [-0.39, 0.29) is 0 Å². The topological polar surface area (TPSA) is 48.2 Å². The molecule has 1 fully saturated rings. The molecule has 1 unspecified atom stereocenters. The molecule has 78 valence electrons. The molecule has 0 aromatic carbocycles. The first-order chi connectivity index (χ1) is 6.84. The number of nitrogens with zero attached hydrogens (tertiary/aromatic N) is 2. The monoisotopic (exact) mass is 308 g/mol. The third kappa shape index (κ3) is 2.91. The second-order valence-corrected chi connectivity index (χ2v) is 4.40. The van der Waals surface area contributed by atoms with Crippen molar-refractivity contribution in [2.45, 2.75) is 38.2 Å². The summed E-state index contributed by atoms with van der Waals surface area (Å²) in [6.07, 6.45) is 5.89. The number of rotatable bonds is 3. The van der Waals surface area contributed by atoms with Crippen molar-refractivity contribution in [3.8, 4) is 0 Å². The molecule has 14 heavy (non-hydrogen) atoms. The van der Waals surface area contributed by atoms with Gasteiger partial charge in [-0.05, 0) is 25.7 Å². The number of ether oxygens (including phenoxy) is 1. The maximum atomic E-state index is 5.61. The van der Waals surface area contributed by atoms with Crippen molar-refractivity contribution in [2.24, 2.45) is 0 Å². The summed E-state index contributed by atoms with van der Waals surface area (Å²) in [5.74, 6) is 0.726. The van der Waals surface area contributed by atoms with Crippen molar-refractivity contribution in [3.63, 3.8) is 0 Å². The molecule has 2 heterocycles. The first-order valence-corrected chi connectivity index (χ1v) is 6.02. The van der Waals surface area contributed by atoms with Crippen LogP contribution in [0.25, 0.3) is 0 Å². The second-order valence-electron chi connectivity index (χ2n) is 3.48. The van der Waals surface area contributed by atoms with Crippen LogP contribution in [-0.4, -0.2) is 22.9 Å². The first kappa shape index (κ1) is 10.4. The molecule has 0 N–H and O–H groups in total. The molecule has 1 aromatic heterocycles. The van der Waals surface area contributed by atoms with Crippen LogP contribution >= 0.6 is 22.6 Å². The fourth-order valence-electron chi connectivity index (χ4n) is 1.65. The van der Waals surface area contributed by atoms with Gasteiger partial charge in [0.1, 0.15) is 0 Å². The van der Waals surface area contributed by atoms with E-state index in [9.17, 15) is 0 Å². The highest BCUT2D eigenvalue weighted by molar-refractivity contribution is 14.1. The van der Waals surface area contributed by atoms with E-state index in [2.05, 4.69) is 10.2 Å². The average Bonchev–Trinajstić information content (AvgIpc) is 2.63. The first-order valence-electron chi connectivity index (χ1n) is 4.94. The molecule has 4 nitrogen and oxygen atoms in total. The lowest BCUT2D eigenvalue weighted by molar-refractivity contribution is 0.0105. The zero-order valence-corrected chi connectivity index (χ0v) is 10.1. The van der Waals surface area contributed by atoms with Crippen LogP contribution in [0.5, 0.6) is 0 Å². The van der Waals surface area contributed by atoms with E-state index in [0.717, 1.165) is 25.3 Å². The summed E-state index contributed by atoms with van der Waals surface area (Å²) in [7, 11) is 0. The largest absolute Gasteiger partial charge is 0.416 e. The van der Waals surface area contributed by atoms with Crippen molar-refractivity contribution >= 4 is 22.6 Å². The molecule has 1 aliphatic heterocycles. The molecular weight excluding hydrogens is 295 g/mol. The molecule has 1 aromatic rings. The molecule has 0 bridgehead atoms. The van der Waals surface area contributed by atoms with Gasteiger partial charge in [0.25, 0.3) is 3.90 Å². The van der Waals surface area contributed by atoms with E-state index < -0.39 is 0 Å². The Morgan fingerprint density at radius 1 is 1.36 bits per heavy atom. The SMILES string of the molecule is Ic1nnc(CCC2CCCCO2)o1. The van der Waals surface area contributed by atoms with Crippen LogP contribution in [0.4, 0.5) is 0 Å². The van der Waals surface area contributed by atoms with Gasteiger partial charge in [0.2, 0.25) is 5.89 Å². The summed E-state index contributed by atoms with van der Waals surface area (Å²) in [5, 5.41) is 7.73. The average molecular weight is 308 g/mol. The highest BCUT2D eigenvalue weighted by atomic mass is 127. The standard InChI is InChI=1S/C9H13IN2O2/c10-9-12-11-8(14-9)5-4-7-3-1-2-6-13-7/h7H,1-6H2. The van der Waals surface area contributed by atoms with Crippen LogP contribution in [0.1, 0.15) is 31.6 Å². The van der Waals surface area contributed by atoms with Crippen molar-refractivity contribution in [3.05, 3.63) is 9.79 Å². The van der Waals surface area contributed by atoms with Gasteiger partial charge in [-0.1, -0.05) is 0 Å². The van der Waals surface area contributed by atoms with E-state index >= 15 is 0 Å². The quantitative estimate of drug-likeness (QED) is 0.803. The van der Waals surface area contributed by atoms with Gasteiger partial charge >= 0.3 is 0 Å². The lowest BCUT2D eigenvalue weighted by atomic mass is 10.0. The molecule has 0 radical (unpaired) electrons. The number of hydrogen-bond donors (Lipinski definition) is 0. The number of aromatic nitrogens is 2. The molecule has 1 atom stereocenters. The molecule has 0 amide bonds. The van der Waals surface area contributed by atoms with E-state index in [1.54, 1.807) is 0 Å². The predicted octanol–water partition coefficient (Wildman–Crippen LogP) is 2.18. The minimum absolute atomic E-state index is 0.397. The van der Waals surface area contributed by atoms with Crippen LogP contribution in [0, 0.1) is 3.90 Å². The Hall–Kier alpha value is -0.170. The van der Waals surface area contributed by atoms with E-state index in [1.165, 1.54) is 19.3 Å². The molecule has 0 spiro atoms. The van der Waals surface area contributed by atoms with Gasteiger partial charge in [-0.15, -0.1) is 10.2 Å². The number of hydrogen-bond acceptors (Lipinski definition) is 4. The van der Waals surface area contributed by atoms with Crippen LogP contribution in [0.15, 0.2) is 4.42 Å². The van der Waals surface area contributed by atoms with Gasteiger partial charge < -0.3 is 9.15 Å². The minimum atomic E-state index is 0.397. The van der Waals surface area contributed by atoms with Crippen molar-refractivity contribution in [1.29, 1.82) is 0 Å². The van der Waals surface area contributed by atoms with Gasteiger partial charge in [0.15, 0.2) is 0 Å². The fraction of sp³-hybridized carbons (Fsp3) is 0.778. The minimum Gasteiger partial charge on any atom is -0.416 e. The van der Waals surface area contributed by atoms with Crippen LogP contribution < -0.4 is 0 Å². The normalized spacial score (nSPS) is 22.5. The highest BCUT2D eigenvalue weighted by Crippen LogP contribution is 2.17. The van der Waals surface area contributed by atoms with Crippen LogP contribution in [0.3, 0.4) is 0 Å². The van der Waals surface area contributed by atoms with E-state index in [0.29, 0.717) is 10.0 Å². The molecule has 0 saturated carbocycles. The fourth-order valence-corrected chi connectivity index (χ4v) is 2.02. The summed E-state index contributed by atoms with van der Waals surface area (Å²) >= 11 is 2.02. The third-order valence-corrected chi connectivity index (χ3v) is 2.83. The lowest BCUT2D eigenvalue weighted by Gasteiger charge is -2.21. The van der Waals surface area contributed by atoms with E-state index in [1.807, 2.05) is 22.6 Å². The Balaban J connectivity index is 1.76. The van der Waals surface area contributed by atoms with Gasteiger partial charge in [-0.3, -0.25) is 0 Å². The second kappa shape index (κ2) is 5.06. The van der Waals surface area contributed by atoms with Gasteiger partial charge in [0, 0.05) is 35.6 Å². The Bertz CT molecular complexity index is 284. The van der Waals surface area contributed by atoms with Crippen molar-refractivity contribution in [1.82, 2.24) is 10.2 Å². The summed E-state index contributed by atoms with van der Waals surface area (Å²) in [5.41, 5.74) is 0. The predicted molar refractivity (Wildman–Crippen MR) is 58.9 cm³/mol. The zero-order valence-electron chi connectivity index (χ0n) is 7.91. The van der Waals surface area contributed by atoms with Gasteiger partial charge in [-0.25, -0.2) is 0 Å². The van der Waals surface area contributed by atoms with Crippen molar-refractivity contribution in [2.75, 3.05) is 6.61 Å². The maximum absolute atomic E-state index is 5.61. The Morgan fingerprint density at radius 2 is 2.29 bits per heavy atom. The smallest absolute Gasteiger partial charge is 0.278 e. The molecule has 2 rings (SSSR count). The summed E-state index contributed by atoms with van der Waals surface area (Å²) in [6, 6.07) is 0. The third-order valence-electron chi connectivity index (χ3n) is 2.40. The van der Waals surface area contributed by atoms with E-state index in [4.69, 9.17) is 9.15 Å².